The van der Waals surface area contributed by atoms with Gasteiger partial charge in [0.25, 0.3) is 11.8 Å². The summed E-state index contributed by atoms with van der Waals surface area (Å²) in [5.41, 5.74) is 0.330. The zero-order chi connectivity index (χ0) is 14.5. The van der Waals surface area contributed by atoms with E-state index in [-0.39, 0.29) is 15.4 Å². The lowest BCUT2D eigenvalue weighted by Crippen LogP contribution is -2.44. The van der Waals surface area contributed by atoms with Crippen molar-refractivity contribution in [3.63, 3.8) is 0 Å². The monoisotopic (exact) mass is 291 g/mol. The Morgan fingerprint density at radius 3 is 1.90 bits per heavy atom. The summed E-state index contributed by atoms with van der Waals surface area (Å²) in [4.78, 5) is 24.5. The van der Waals surface area contributed by atoms with Gasteiger partial charge in [-0.05, 0) is 17.5 Å². The summed E-state index contributed by atoms with van der Waals surface area (Å²) in [6.07, 6.45) is 0. The van der Waals surface area contributed by atoms with Gasteiger partial charge in [-0.2, -0.15) is 8.42 Å². The summed E-state index contributed by atoms with van der Waals surface area (Å²) in [5, 5.41) is 1.17. The Morgan fingerprint density at radius 1 is 0.950 bits per heavy atom. The molecular formula is C13H9NO5S. The molecule has 2 amide bonds. The predicted molar refractivity (Wildman–Crippen MR) is 70.4 cm³/mol. The molecule has 1 aliphatic heterocycles. The van der Waals surface area contributed by atoms with Crippen LogP contribution in [0.3, 0.4) is 0 Å². The number of benzene rings is 2. The molecular weight excluding hydrogens is 282 g/mol. The third kappa shape index (κ3) is 1.57. The second-order valence-corrected chi connectivity index (χ2v) is 5.76. The van der Waals surface area contributed by atoms with Crippen LogP contribution in [0.15, 0.2) is 36.4 Å². The first kappa shape index (κ1) is 12.8. The van der Waals surface area contributed by atoms with Crippen LogP contribution < -0.4 is 0 Å². The van der Waals surface area contributed by atoms with E-state index >= 15 is 0 Å². The van der Waals surface area contributed by atoms with E-state index in [1.54, 1.807) is 24.3 Å². The van der Waals surface area contributed by atoms with Crippen LogP contribution in [0.1, 0.15) is 20.7 Å². The Bertz CT molecular complexity index is 805. The number of rotatable bonds is 2. The summed E-state index contributed by atoms with van der Waals surface area (Å²) in [6.45, 7) is 0. The highest BCUT2D eigenvalue weighted by Crippen LogP contribution is 2.31. The number of amides is 2. The molecule has 0 spiro atoms. The first-order valence-corrected chi connectivity index (χ1v) is 7.05. The normalized spacial score (nSPS) is 14.9. The van der Waals surface area contributed by atoms with Gasteiger partial charge in [-0.15, -0.1) is 4.31 Å². The van der Waals surface area contributed by atoms with E-state index in [1.807, 2.05) is 0 Å². The van der Waals surface area contributed by atoms with Crippen molar-refractivity contribution in [2.45, 2.75) is 0 Å². The minimum atomic E-state index is -4.42. The van der Waals surface area contributed by atoms with E-state index in [1.165, 1.54) is 12.1 Å². The van der Waals surface area contributed by atoms with E-state index in [9.17, 15) is 18.0 Å². The van der Waals surface area contributed by atoms with Crippen molar-refractivity contribution >= 4 is 32.9 Å². The molecule has 3 rings (SSSR count). The number of imide groups is 1. The Morgan fingerprint density at radius 2 is 1.45 bits per heavy atom. The maximum absolute atomic E-state index is 12.3. The summed E-state index contributed by atoms with van der Waals surface area (Å²) in [6, 6.07) is 9.74. The summed E-state index contributed by atoms with van der Waals surface area (Å²) in [7, 11) is -3.52. The highest BCUT2D eigenvalue weighted by atomic mass is 32.2. The molecule has 6 nitrogen and oxygen atoms in total. The fraction of sp³-hybridized carbons (Fsp3) is 0.0769. The standard InChI is InChI=1S/C13H9NO5S/c1-19-20(17,18)14-12(15)9-6-2-4-8-5-3-7-10(11(8)9)13(14)16/h2-7H,1H3. The van der Waals surface area contributed by atoms with Gasteiger partial charge in [0.05, 0.1) is 7.11 Å². The third-order valence-electron chi connectivity index (χ3n) is 3.17. The molecule has 102 valence electrons. The highest BCUT2D eigenvalue weighted by Gasteiger charge is 2.40. The van der Waals surface area contributed by atoms with Crippen molar-refractivity contribution in [2.24, 2.45) is 0 Å². The van der Waals surface area contributed by atoms with Gasteiger partial charge >= 0.3 is 10.3 Å². The quantitative estimate of drug-likeness (QED) is 0.780. The van der Waals surface area contributed by atoms with Gasteiger partial charge in [-0.1, -0.05) is 24.3 Å². The van der Waals surface area contributed by atoms with Gasteiger partial charge in [0.2, 0.25) is 0 Å². The van der Waals surface area contributed by atoms with Crippen LogP contribution in [0.4, 0.5) is 0 Å². The second kappa shape index (κ2) is 4.12. The molecule has 0 aromatic heterocycles. The van der Waals surface area contributed by atoms with Crippen LogP contribution in [0.5, 0.6) is 0 Å². The van der Waals surface area contributed by atoms with Crippen molar-refractivity contribution in [1.29, 1.82) is 0 Å². The Kier molecular flexibility index (Phi) is 2.63. The van der Waals surface area contributed by atoms with Gasteiger partial charge in [-0.3, -0.25) is 13.8 Å². The van der Waals surface area contributed by atoms with Crippen molar-refractivity contribution in [2.75, 3.05) is 7.11 Å². The average molecular weight is 291 g/mol. The first-order valence-electron chi connectivity index (χ1n) is 5.68. The molecule has 0 aliphatic carbocycles. The molecule has 0 radical (unpaired) electrons. The molecule has 1 heterocycles. The molecule has 0 atom stereocenters. The van der Waals surface area contributed by atoms with Gasteiger partial charge in [0.1, 0.15) is 0 Å². The molecule has 0 bridgehead atoms. The summed E-state index contributed by atoms with van der Waals surface area (Å²) < 4.78 is 28.0. The first-order chi connectivity index (χ1) is 9.47. The van der Waals surface area contributed by atoms with Crippen molar-refractivity contribution in [3.05, 3.63) is 47.5 Å². The van der Waals surface area contributed by atoms with Crippen LogP contribution >= 0.6 is 0 Å². The smallest absolute Gasteiger partial charge is 0.267 e. The largest absolute Gasteiger partial charge is 0.371 e. The minimum absolute atomic E-state index is 0.157. The lowest BCUT2D eigenvalue weighted by Gasteiger charge is -2.25. The number of hydrogen-bond acceptors (Lipinski definition) is 5. The van der Waals surface area contributed by atoms with Crippen LogP contribution in [0, 0.1) is 0 Å². The van der Waals surface area contributed by atoms with Gasteiger partial charge in [0.15, 0.2) is 0 Å². The SMILES string of the molecule is COS(=O)(=O)N1C(=O)c2cccc3cccc(c23)C1=O. The van der Waals surface area contributed by atoms with Gasteiger partial charge in [0, 0.05) is 16.5 Å². The Labute approximate surface area is 114 Å². The van der Waals surface area contributed by atoms with E-state index in [4.69, 9.17) is 0 Å². The van der Waals surface area contributed by atoms with Crippen LogP contribution in [0.25, 0.3) is 10.8 Å². The zero-order valence-electron chi connectivity index (χ0n) is 10.4. The van der Waals surface area contributed by atoms with E-state index in [0.717, 1.165) is 7.11 Å². The van der Waals surface area contributed by atoms with Crippen molar-refractivity contribution in [1.82, 2.24) is 4.31 Å². The third-order valence-corrected chi connectivity index (χ3v) is 4.37. The Hall–Kier alpha value is -2.25. The molecule has 0 saturated carbocycles. The molecule has 2 aromatic rings. The minimum Gasteiger partial charge on any atom is -0.267 e. The fourth-order valence-corrected chi connectivity index (χ4v) is 3.04. The van der Waals surface area contributed by atoms with E-state index < -0.39 is 22.1 Å². The molecule has 1 aliphatic rings. The van der Waals surface area contributed by atoms with Crippen molar-refractivity contribution in [3.8, 4) is 0 Å². The number of carbonyl (C=O) groups excluding carboxylic acids is 2. The summed E-state index contributed by atoms with van der Waals surface area (Å²) in [5.74, 6) is -1.80. The molecule has 0 unspecified atom stereocenters. The molecule has 0 saturated heterocycles. The van der Waals surface area contributed by atoms with Crippen LogP contribution in [-0.4, -0.2) is 31.6 Å². The molecule has 2 aromatic carbocycles. The molecule has 0 fully saturated rings. The molecule has 0 N–H and O–H groups in total. The van der Waals surface area contributed by atoms with E-state index in [2.05, 4.69) is 4.18 Å². The molecule has 20 heavy (non-hydrogen) atoms. The second-order valence-electron chi connectivity index (χ2n) is 4.21. The zero-order valence-corrected chi connectivity index (χ0v) is 11.2. The van der Waals surface area contributed by atoms with Crippen LogP contribution in [-0.2, 0) is 14.5 Å². The average Bonchev–Trinajstić information content (AvgIpc) is 2.44. The number of nitrogens with zero attached hydrogens (tertiary/aromatic N) is 1. The lowest BCUT2D eigenvalue weighted by molar-refractivity contribution is 0.0711. The Balaban J connectivity index is 2.38. The summed E-state index contributed by atoms with van der Waals surface area (Å²) >= 11 is 0. The highest BCUT2D eigenvalue weighted by molar-refractivity contribution is 7.85. The maximum Gasteiger partial charge on any atom is 0.371 e. The van der Waals surface area contributed by atoms with Gasteiger partial charge in [-0.25, -0.2) is 0 Å². The van der Waals surface area contributed by atoms with Crippen molar-refractivity contribution < 1.29 is 22.2 Å². The number of carbonyl (C=O) groups is 2. The number of hydrogen-bond donors (Lipinski definition) is 0. The van der Waals surface area contributed by atoms with Gasteiger partial charge < -0.3 is 0 Å². The topological polar surface area (TPSA) is 80.8 Å². The van der Waals surface area contributed by atoms with E-state index in [0.29, 0.717) is 10.8 Å². The lowest BCUT2D eigenvalue weighted by atomic mass is 9.95. The fourth-order valence-electron chi connectivity index (χ4n) is 2.29. The van der Waals surface area contributed by atoms with Crippen LogP contribution in [0.2, 0.25) is 0 Å². The predicted octanol–water partition coefficient (Wildman–Crippen LogP) is 1.33. The molecule has 7 heteroatoms. The maximum atomic E-state index is 12.3.